The van der Waals surface area contributed by atoms with Crippen molar-refractivity contribution in [1.29, 1.82) is 0 Å². The number of nitrogens with one attached hydrogen (secondary N) is 2. The van der Waals surface area contributed by atoms with Crippen LogP contribution in [0.4, 0.5) is 18.9 Å². The predicted octanol–water partition coefficient (Wildman–Crippen LogP) is 2.52. The molecule has 1 atom stereocenters. The number of rotatable bonds is 5. The Hall–Kier alpha value is -1.47. The maximum absolute atomic E-state index is 12.3. The van der Waals surface area contributed by atoms with Crippen LogP contribution in [0.15, 0.2) is 24.3 Å². The van der Waals surface area contributed by atoms with Gasteiger partial charge in [-0.2, -0.15) is 13.2 Å². The zero-order chi connectivity index (χ0) is 13.8. The summed E-state index contributed by atoms with van der Waals surface area (Å²) >= 11 is 5.62. The fourth-order valence-corrected chi connectivity index (χ4v) is 1.26. The smallest absolute Gasteiger partial charge is 0.403 e. The number of carboxylic acids is 1. The predicted molar refractivity (Wildman–Crippen MR) is 60.3 cm³/mol. The highest BCUT2D eigenvalue weighted by Gasteiger charge is 2.44. The number of hydrazine groups is 1. The number of benzene rings is 1. The molecule has 8 heteroatoms. The Morgan fingerprint density at radius 1 is 1.33 bits per heavy atom. The molecule has 0 spiro atoms. The molecule has 0 fully saturated rings. The fourth-order valence-electron chi connectivity index (χ4n) is 1.13. The molecule has 0 saturated carbocycles. The third-order valence-electron chi connectivity index (χ3n) is 2.08. The molecule has 1 aromatic carbocycles. The highest BCUT2D eigenvalue weighted by Crippen LogP contribution is 2.25. The molecule has 0 heterocycles. The summed E-state index contributed by atoms with van der Waals surface area (Å²) in [5.74, 6) is -4.38. The van der Waals surface area contributed by atoms with Crippen LogP contribution in [0.2, 0.25) is 5.02 Å². The van der Waals surface area contributed by atoms with E-state index in [1.54, 1.807) is 24.3 Å². The van der Waals surface area contributed by atoms with Gasteiger partial charge in [-0.3, -0.25) is 4.79 Å². The summed E-state index contributed by atoms with van der Waals surface area (Å²) in [5.41, 5.74) is 5.15. The second-order valence-electron chi connectivity index (χ2n) is 3.45. The average molecular weight is 283 g/mol. The fraction of sp³-hybridized carbons (Fsp3) is 0.300. The van der Waals surface area contributed by atoms with E-state index < -0.39 is 24.6 Å². The molecule has 18 heavy (non-hydrogen) atoms. The van der Waals surface area contributed by atoms with Gasteiger partial charge >= 0.3 is 12.1 Å². The minimum absolute atomic E-state index is 0.478. The number of anilines is 1. The van der Waals surface area contributed by atoms with Crippen LogP contribution in [0, 0.1) is 5.92 Å². The van der Waals surface area contributed by atoms with Crippen molar-refractivity contribution in [3.63, 3.8) is 0 Å². The van der Waals surface area contributed by atoms with Crippen molar-refractivity contribution < 1.29 is 23.1 Å². The van der Waals surface area contributed by atoms with Crippen molar-refractivity contribution in [2.75, 3.05) is 12.0 Å². The second kappa shape index (κ2) is 5.92. The second-order valence-corrected chi connectivity index (χ2v) is 3.88. The summed E-state index contributed by atoms with van der Waals surface area (Å²) in [4.78, 5) is 10.4. The summed E-state index contributed by atoms with van der Waals surface area (Å²) in [6, 6.07) is 6.17. The Morgan fingerprint density at radius 2 is 1.89 bits per heavy atom. The Kier molecular flexibility index (Phi) is 4.80. The van der Waals surface area contributed by atoms with Gasteiger partial charge in [-0.25, -0.2) is 5.43 Å². The van der Waals surface area contributed by atoms with E-state index in [1.165, 1.54) is 0 Å². The molecule has 3 N–H and O–H groups in total. The number of carboxylic acid groups (broad SMARTS) is 1. The van der Waals surface area contributed by atoms with Crippen molar-refractivity contribution in [3.8, 4) is 0 Å². The molecule has 4 nitrogen and oxygen atoms in total. The zero-order valence-electron chi connectivity index (χ0n) is 8.96. The number of hydrogen-bond acceptors (Lipinski definition) is 3. The van der Waals surface area contributed by atoms with Crippen molar-refractivity contribution in [2.45, 2.75) is 6.18 Å². The van der Waals surface area contributed by atoms with Crippen LogP contribution in [0.3, 0.4) is 0 Å². The van der Waals surface area contributed by atoms with Crippen molar-refractivity contribution in [3.05, 3.63) is 29.3 Å². The van der Waals surface area contributed by atoms with Crippen LogP contribution in [-0.4, -0.2) is 23.8 Å². The highest BCUT2D eigenvalue weighted by molar-refractivity contribution is 6.30. The summed E-state index contributed by atoms with van der Waals surface area (Å²) in [5, 5.41) is 8.92. The van der Waals surface area contributed by atoms with Crippen LogP contribution in [0.1, 0.15) is 0 Å². The molecule has 0 saturated heterocycles. The Morgan fingerprint density at radius 3 is 2.33 bits per heavy atom. The molecule has 1 unspecified atom stereocenters. The van der Waals surface area contributed by atoms with Crippen molar-refractivity contribution >= 4 is 23.3 Å². The van der Waals surface area contributed by atoms with Crippen LogP contribution in [0.5, 0.6) is 0 Å². The summed E-state index contributed by atoms with van der Waals surface area (Å²) in [6.07, 6.45) is -4.79. The van der Waals surface area contributed by atoms with E-state index in [-0.39, 0.29) is 0 Å². The first-order valence-corrected chi connectivity index (χ1v) is 5.22. The van der Waals surface area contributed by atoms with Crippen molar-refractivity contribution in [2.24, 2.45) is 5.92 Å². The molecular formula is C10H10ClF3N2O2. The number of carbonyl (C=O) groups is 1. The highest BCUT2D eigenvalue weighted by atomic mass is 35.5. The van der Waals surface area contributed by atoms with Gasteiger partial charge in [0.1, 0.15) is 0 Å². The zero-order valence-corrected chi connectivity index (χ0v) is 9.72. The lowest BCUT2D eigenvalue weighted by Crippen LogP contribution is -2.40. The molecule has 100 valence electrons. The molecule has 0 aliphatic carbocycles. The van der Waals surface area contributed by atoms with Gasteiger partial charge in [-0.05, 0) is 24.3 Å². The quantitative estimate of drug-likeness (QED) is 0.726. The Bertz CT molecular complexity index is 409. The van der Waals surface area contributed by atoms with E-state index in [0.29, 0.717) is 10.7 Å². The van der Waals surface area contributed by atoms with Gasteiger partial charge in [0.15, 0.2) is 5.92 Å². The monoisotopic (exact) mass is 282 g/mol. The summed E-state index contributed by atoms with van der Waals surface area (Å²) in [7, 11) is 0. The Balaban J connectivity index is 2.49. The molecule has 0 radical (unpaired) electrons. The number of alkyl halides is 3. The summed E-state index contributed by atoms with van der Waals surface area (Å²) in [6.45, 7) is -0.776. The first-order valence-electron chi connectivity index (χ1n) is 4.84. The van der Waals surface area contributed by atoms with Gasteiger partial charge in [-0.15, -0.1) is 0 Å². The number of halogens is 4. The molecule has 1 aromatic rings. The lowest BCUT2D eigenvalue weighted by molar-refractivity contribution is -0.192. The molecule has 0 amide bonds. The third-order valence-corrected chi connectivity index (χ3v) is 2.33. The van der Waals surface area contributed by atoms with Gasteiger partial charge in [0.25, 0.3) is 0 Å². The molecule has 0 aliphatic heterocycles. The van der Waals surface area contributed by atoms with Crippen LogP contribution in [0.25, 0.3) is 0 Å². The van der Waals surface area contributed by atoms with E-state index in [9.17, 15) is 18.0 Å². The average Bonchev–Trinajstić information content (AvgIpc) is 2.24. The van der Waals surface area contributed by atoms with Crippen LogP contribution in [-0.2, 0) is 4.79 Å². The minimum atomic E-state index is -4.79. The number of aliphatic carboxylic acids is 1. The third kappa shape index (κ3) is 4.42. The van der Waals surface area contributed by atoms with Crippen LogP contribution >= 0.6 is 11.6 Å². The normalized spacial score (nSPS) is 13.1. The first-order chi connectivity index (χ1) is 8.30. The van der Waals surface area contributed by atoms with Gasteiger partial charge in [0.05, 0.1) is 0 Å². The molecule has 0 aromatic heterocycles. The van der Waals surface area contributed by atoms with E-state index in [2.05, 4.69) is 10.9 Å². The van der Waals surface area contributed by atoms with E-state index in [0.717, 1.165) is 0 Å². The van der Waals surface area contributed by atoms with Gasteiger partial charge in [0.2, 0.25) is 0 Å². The van der Waals surface area contributed by atoms with Gasteiger partial charge in [-0.1, -0.05) is 11.6 Å². The van der Waals surface area contributed by atoms with E-state index in [4.69, 9.17) is 16.7 Å². The molecule has 0 bridgehead atoms. The van der Waals surface area contributed by atoms with Gasteiger partial charge in [0, 0.05) is 17.3 Å². The topological polar surface area (TPSA) is 61.4 Å². The first kappa shape index (κ1) is 14.6. The van der Waals surface area contributed by atoms with E-state index in [1.807, 2.05) is 0 Å². The molecule has 1 rings (SSSR count). The van der Waals surface area contributed by atoms with Gasteiger partial charge < -0.3 is 10.5 Å². The number of hydrogen-bond donors (Lipinski definition) is 3. The van der Waals surface area contributed by atoms with E-state index >= 15 is 0 Å². The standard InChI is InChI=1S/C10H10ClF3N2O2/c11-6-1-3-7(4-2-6)16-15-5-8(9(17)18)10(12,13)14/h1-4,8,15-16H,5H2,(H,17,18). The summed E-state index contributed by atoms with van der Waals surface area (Å²) < 4.78 is 36.9. The minimum Gasteiger partial charge on any atom is -0.481 e. The lowest BCUT2D eigenvalue weighted by atomic mass is 10.1. The van der Waals surface area contributed by atoms with Crippen molar-refractivity contribution in [1.82, 2.24) is 5.43 Å². The maximum atomic E-state index is 12.3. The maximum Gasteiger partial charge on any atom is 0.403 e. The van der Waals surface area contributed by atoms with Crippen LogP contribution < -0.4 is 10.9 Å². The SMILES string of the molecule is O=C(O)C(CNNc1ccc(Cl)cc1)C(F)(F)F. The molecular weight excluding hydrogens is 273 g/mol. The molecule has 0 aliphatic rings. The largest absolute Gasteiger partial charge is 0.481 e. The lowest BCUT2D eigenvalue weighted by Gasteiger charge is -2.17. The Labute approximate surface area is 106 Å².